The first-order valence-electron chi connectivity index (χ1n) is 11.2. The summed E-state index contributed by atoms with van der Waals surface area (Å²) >= 11 is 0. The average Bonchev–Trinajstić information content (AvgIpc) is 3.38. The van der Waals surface area contributed by atoms with Gasteiger partial charge in [-0.3, -0.25) is 24.2 Å². The molecule has 1 aromatic heterocycles. The molecule has 3 rings (SSSR count). The van der Waals surface area contributed by atoms with Gasteiger partial charge in [0.1, 0.15) is 6.54 Å². The zero-order valence-corrected chi connectivity index (χ0v) is 22.0. The van der Waals surface area contributed by atoms with Crippen LogP contribution in [-0.4, -0.2) is 108 Å². The highest BCUT2D eigenvalue weighted by atomic mass is 127. The van der Waals surface area contributed by atoms with E-state index in [0.29, 0.717) is 19.6 Å². The molecule has 32 heavy (non-hydrogen) atoms. The van der Waals surface area contributed by atoms with Gasteiger partial charge in [-0.25, -0.2) is 0 Å². The molecule has 2 amide bonds. The van der Waals surface area contributed by atoms with Crippen molar-refractivity contribution in [3.63, 3.8) is 0 Å². The minimum absolute atomic E-state index is 0. The lowest BCUT2D eigenvalue weighted by atomic mass is 10.2. The Morgan fingerprint density at radius 2 is 2.09 bits per heavy atom. The van der Waals surface area contributed by atoms with Crippen molar-refractivity contribution in [1.29, 1.82) is 0 Å². The van der Waals surface area contributed by atoms with Gasteiger partial charge in [-0.15, -0.1) is 24.0 Å². The first kappa shape index (κ1) is 26.4. The number of aliphatic imine (C=N–C) groups is 1. The van der Waals surface area contributed by atoms with Crippen molar-refractivity contribution in [1.82, 2.24) is 29.8 Å². The van der Waals surface area contributed by atoms with Crippen LogP contribution < -0.4 is 10.2 Å². The predicted octanol–water partition coefficient (Wildman–Crippen LogP) is 0.595. The Balaban J connectivity index is 0.00000363. The number of rotatable bonds is 7. The molecule has 180 valence electrons. The van der Waals surface area contributed by atoms with E-state index in [-0.39, 0.29) is 41.8 Å². The second-order valence-corrected chi connectivity index (χ2v) is 8.36. The number of hydrogen-bond donors (Lipinski definition) is 1. The van der Waals surface area contributed by atoms with Crippen LogP contribution in [-0.2, 0) is 16.6 Å². The Morgan fingerprint density at radius 1 is 1.31 bits per heavy atom. The summed E-state index contributed by atoms with van der Waals surface area (Å²) in [5.41, 5.74) is 0.835. The zero-order valence-electron chi connectivity index (χ0n) is 19.7. The van der Waals surface area contributed by atoms with Gasteiger partial charge < -0.3 is 20.0 Å². The Kier molecular flexibility index (Phi) is 10.2. The number of nitrogens with zero attached hydrogens (tertiary/aromatic N) is 7. The summed E-state index contributed by atoms with van der Waals surface area (Å²) in [5.74, 6) is 1.02. The molecule has 0 aromatic carbocycles. The summed E-state index contributed by atoms with van der Waals surface area (Å²) in [5, 5.41) is 7.48. The monoisotopic (exact) mass is 560 g/mol. The first-order chi connectivity index (χ1) is 14.9. The van der Waals surface area contributed by atoms with Crippen molar-refractivity contribution in [3.05, 3.63) is 12.4 Å². The molecule has 0 bridgehead atoms. The average molecular weight is 560 g/mol. The molecule has 0 aliphatic carbocycles. The van der Waals surface area contributed by atoms with Gasteiger partial charge in [-0.05, 0) is 32.7 Å². The number of carbonyl (C=O) groups is 2. The predicted molar refractivity (Wildman–Crippen MR) is 136 cm³/mol. The van der Waals surface area contributed by atoms with Crippen molar-refractivity contribution in [2.45, 2.75) is 32.2 Å². The van der Waals surface area contributed by atoms with Crippen LogP contribution in [0.3, 0.4) is 0 Å². The largest absolute Gasteiger partial charge is 0.357 e. The summed E-state index contributed by atoms with van der Waals surface area (Å²) < 4.78 is 1.71. The summed E-state index contributed by atoms with van der Waals surface area (Å²) in [4.78, 5) is 37.6. The standard InChI is InChI=1S/C21H36N8O2.HI/c1-5-22-21(23-9-7-11-27-10-6-8-18(27)20(31)25(2)3)28-12-13-29(19(30)16-28)17-14-24-26(4)15-17;/h14-15,18H,5-13,16H2,1-4H3,(H,22,23);1H. The van der Waals surface area contributed by atoms with E-state index in [1.165, 1.54) is 0 Å². The Morgan fingerprint density at radius 3 is 2.72 bits per heavy atom. The molecule has 10 nitrogen and oxygen atoms in total. The molecule has 2 fully saturated rings. The van der Waals surface area contributed by atoms with E-state index in [1.54, 1.807) is 20.7 Å². The van der Waals surface area contributed by atoms with E-state index in [4.69, 9.17) is 4.99 Å². The topological polar surface area (TPSA) is 89.3 Å². The molecule has 2 aliphatic rings. The van der Waals surface area contributed by atoms with Crippen molar-refractivity contribution in [2.24, 2.45) is 12.0 Å². The van der Waals surface area contributed by atoms with Crippen molar-refractivity contribution < 1.29 is 9.59 Å². The fourth-order valence-corrected chi connectivity index (χ4v) is 4.23. The highest BCUT2D eigenvalue weighted by Crippen LogP contribution is 2.19. The normalized spacial score (nSPS) is 19.8. The van der Waals surface area contributed by atoms with Crippen molar-refractivity contribution in [3.8, 4) is 0 Å². The number of likely N-dealkylation sites (N-methyl/N-ethyl adjacent to an activating group) is 1. The Hall–Kier alpha value is -1.89. The number of amides is 2. The fraction of sp³-hybridized carbons (Fsp3) is 0.714. The molecule has 11 heteroatoms. The molecular formula is C21H37IN8O2. The zero-order chi connectivity index (χ0) is 22.4. The third kappa shape index (κ3) is 6.56. The maximum absolute atomic E-state index is 12.7. The molecule has 1 unspecified atom stereocenters. The van der Waals surface area contributed by atoms with Crippen LogP contribution in [0.4, 0.5) is 5.69 Å². The van der Waals surface area contributed by atoms with Crippen LogP contribution in [0.2, 0.25) is 0 Å². The number of aryl methyl sites for hydroxylation is 1. The molecule has 1 aromatic rings. The highest BCUT2D eigenvalue weighted by molar-refractivity contribution is 14.0. The highest BCUT2D eigenvalue weighted by Gasteiger charge is 2.31. The van der Waals surface area contributed by atoms with E-state index in [2.05, 4.69) is 15.3 Å². The lowest BCUT2D eigenvalue weighted by molar-refractivity contribution is -0.133. The first-order valence-corrected chi connectivity index (χ1v) is 11.2. The van der Waals surface area contributed by atoms with Gasteiger partial charge in [0.2, 0.25) is 11.8 Å². The number of guanidine groups is 1. The molecular weight excluding hydrogens is 523 g/mol. The second kappa shape index (κ2) is 12.4. The minimum atomic E-state index is 0. The molecule has 0 spiro atoms. The maximum atomic E-state index is 12.7. The van der Waals surface area contributed by atoms with Gasteiger partial charge in [0.25, 0.3) is 0 Å². The van der Waals surface area contributed by atoms with E-state index in [1.807, 2.05) is 39.2 Å². The molecule has 0 saturated carbocycles. The van der Waals surface area contributed by atoms with Crippen LogP contribution in [0.25, 0.3) is 0 Å². The smallest absolute Gasteiger partial charge is 0.246 e. The van der Waals surface area contributed by atoms with E-state index in [9.17, 15) is 9.59 Å². The SMILES string of the molecule is CCNC(=NCCCN1CCCC1C(=O)N(C)C)N1CCN(c2cnn(C)c2)C(=O)C1.I. The molecule has 0 radical (unpaired) electrons. The van der Waals surface area contributed by atoms with Gasteiger partial charge in [0.15, 0.2) is 5.96 Å². The molecule has 2 saturated heterocycles. The lowest BCUT2D eigenvalue weighted by Crippen LogP contribution is -2.55. The quantitative estimate of drug-likeness (QED) is 0.228. The van der Waals surface area contributed by atoms with Crippen LogP contribution in [0.15, 0.2) is 17.4 Å². The lowest BCUT2D eigenvalue weighted by Gasteiger charge is -2.35. The minimum Gasteiger partial charge on any atom is -0.357 e. The fourth-order valence-electron chi connectivity index (χ4n) is 4.23. The number of aromatic nitrogens is 2. The van der Waals surface area contributed by atoms with Gasteiger partial charge in [0, 0.05) is 60.1 Å². The summed E-state index contributed by atoms with van der Waals surface area (Å²) in [6.07, 6.45) is 6.47. The van der Waals surface area contributed by atoms with Crippen molar-refractivity contribution in [2.75, 3.05) is 64.8 Å². The summed E-state index contributed by atoms with van der Waals surface area (Å²) in [7, 11) is 5.49. The summed E-state index contributed by atoms with van der Waals surface area (Å²) in [6.45, 7) is 6.91. The number of halogens is 1. The summed E-state index contributed by atoms with van der Waals surface area (Å²) in [6, 6.07) is 0.00499. The Labute approximate surface area is 208 Å². The number of hydrogen-bond acceptors (Lipinski definition) is 5. The second-order valence-electron chi connectivity index (χ2n) is 8.36. The van der Waals surface area contributed by atoms with Gasteiger partial charge in [-0.1, -0.05) is 0 Å². The number of piperazine rings is 1. The van der Waals surface area contributed by atoms with Gasteiger partial charge in [-0.2, -0.15) is 5.10 Å². The number of likely N-dealkylation sites (tertiary alicyclic amines) is 1. The number of nitrogens with one attached hydrogen (secondary N) is 1. The van der Waals surface area contributed by atoms with E-state index < -0.39 is 0 Å². The number of anilines is 1. The third-order valence-corrected chi connectivity index (χ3v) is 5.81. The van der Waals surface area contributed by atoms with E-state index in [0.717, 1.165) is 57.1 Å². The van der Waals surface area contributed by atoms with Crippen molar-refractivity contribution >= 4 is 47.4 Å². The van der Waals surface area contributed by atoms with Crippen LogP contribution in [0.1, 0.15) is 26.2 Å². The molecule has 2 aliphatic heterocycles. The molecule has 1 atom stereocenters. The Bertz CT molecular complexity index is 797. The van der Waals surface area contributed by atoms with Gasteiger partial charge >= 0.3 is 0 Å². The third-order valence-electron chi connectivity index (χ3n) is 5.81. The molecule has 3 heterocycles. The number of carbonyl (C=O) groups excluding carboxylic acids is 2. The molecule has 1 N–H and O–H groups in total. The maximum Gasteiger partial charge on any atom is 0.246 e. The van der Waals surface area contributed by atoms with Crippen LogP contribution in [0.5, 0.6) is 0 Å². The van der Waals surface area contributed by atoms with Crippen LogP contribution in [0, 0.1) is 0 Å². The van der Waals surface area contributed by atoms with Gasteiger partial charge in [0.05, 0.1) is 17.9 Å². The van der Waals surface area contributed by atoms with E-state index >= 15 is 0 Å². The van der Waals surface area contributed by atoms with Crippen LogP contribution >= 0.6 is 24.0 Å².